The van der Waals surface area contributed by atoms with Crippen molar-refractivity contribution in [1.82, 2.24) is 51.0 Å². The van der Waals surface area contributed by atoms with Crippen molar-refractivity contribution in [3.8, 4) is 33.6 Å². The molecule has 2 aromatic heterocycles. The number of rotatable bonds is 11. The normalized spacial score (nSPS) is 16.9. The van der Waals surface area contributed by atoms with Crippen molar-refractivity contribution in [1.29, 1.82) is 0 Å². The first-order valence-corrected chi connectivity index (χ1v) is 20.0. The van der Waals surface area contributed by atoms with Gasteiger partial charge in [-0.05, 0) is 35.1 Å². The lowest BCUT2D eigenvalue weighted by Crippen LogP contribution is -2.45. The molecule has 14 nitrogen and oxygen atoms in total. The number of carbonyl (C=O) groups is 4. The zero-order valence-electron chi connectivity index (χ0n) is 33.3. The topological polar surface area (TPSA) is 180 Å². The van der Waals surface area contributed by atoms with Gasteiger partial charge in [0, 0.05) is 50.7 Å². The Kier molecular flexibility index (Phi) is 11.5. The number of likely N-dealkylation sites (tertiary alicyclic amines) is 1. The molecule has 0 spiro atoms. The second-order valence-electron chi connectivity index (χ2n) is 14.7. The zero-order chi connectivity index (χ0) is 41.6. The molecule has 0 radical (unpaired) electrons. The number of urea groups is 2. The third-order valence-corrected chi connectivity index (χ3v) is 11.0. The highest BCUT2D eigenvalue weighted by Crippen LogP contribution is 2.35. The second-order valence-corrected chi connectivity index (χ2v) is 14.7. The van der Waals surface area contributed by atoms with E-state index < -0.39 is 30.2 Å². The molecule has 0 aliphatic carbocycles. The van der Waals surface area contributed by atoms with E-state index in [4.69, 9.17) is 9.97 Å². The number of amides is 6. The van der Waals surface area contributed by atoms with Gasteiger partial charge >= 0.3 is 12.1 Å². The van der Waals surface area contributed by atoms with Crippen LogP contribution in [-0.4, -0.2) is 80.8 Å². The van der Waals surface area contributed by atoms with Crippen LogP contribution in [0.15, 0.2) is 134 Å². The maximum Gasteiger partial charge on any atom is 0.315 e. The smallest absolute Gasteiger partial charge is 0.315 e. The van der Waals surface area contributed by atoms with Gasteiger partial charge in [-0.25, -0.2) is 19.6 Å². The summed E-state index contributed by atoms with van der Waals surface area (Å²) in [5.74, 6) is 0.922. The average Bonchev–Trinajstić information content (AvgIpc) is 4.15. The number of hydrogen-bond donors (Lipinski definition) is 6. The molecule has 2 unspecified atom stereocenters. The number of hydrogen-bond acceptors (Lipinski definition) is 6. The molecule has 2 aliphatic rings. The largest absolute Gasteiger partial charge is 0.346 e. The van der Waals surface area contributed by atoms with Crippen molar-refractivity contribution >= 4 is 23.9 Å². The van der Waals surface area contributed by atoms with Crippen LogP contribution < -0.4 is 21.3 Å². The molecular weight excluding hydrogens is 757 g/mol. The van der Waals surface area contributed by atoms with Gasteiger partial charge in [-0.15, -0.1) is 0 Å². The van der Waals surface area contributed by atoms with Gasteiger partial charge in [-0.1, -0.05) is 121 Å². The highest BCUT2D eigenvalue weighted by Gasteiger charge is 2.37. The van der Waals surface area contributed by atoms with E-state index in [1.165, 1.54) is 14.1 Å². The van der Waals surface area contributed by atoms with E-state index >= 15 is 0 Å². The molecule has 8 rings (SSSR count). The summed E-state index contributed by atoms with van der Waals surface area (Å²) in [6.07, 6.45) is 9.18. The number of H-pyrrole nitrogens is 2. The van der Waals surface area contributed by atoms with Gasteiger partial charge in [-0.2, -0.15) is 0 Å². The molecular formula is C46H46N10O4. The SMILES string of the molecule is CNC(=O)N[C@@H](C(=O)N1CC=CC1c1nc(-c2ccc(-c3ccc(-c4c[nH]c(C5CCCN5C(=O)[C@H](NC(=O)NC)c5ccccc5)n4)cc3)cc2)c[nH]1)c1ccccc1. The molecule has 14 heteroatoms. The highest BCUT2D eigenvalue weighted by molar-refractivity contribution is 5.89. The molecule has 6 aromatic rings. The number of aromatic amines is 2. The summed E-state index contributed by atoms with van der Waals surface area (Å²) in [6.45, 7) is 0.960. The van der Waals surface area contributed by atoms with Gasteiger partial charge in [0.25, 0.3) is 5.91 Å². The molecule has 4 atom stereocenters. The maximum atomic E-state index is 13.9. The standard InChI is InChI=1S/C46H46N10O4/c1-47-45(59)53-39(33-11-5-3-6-12-33)43(57)55-25-9-15-37(55)41-49-27-35(51-41)31-21-17-29(18-22-31)30-19-23-32(24-20-30)36-28-50-42(52-36)38-16-10-26-56(38)44(58)40(54-46(60)48-2)34-13-7-4-8-14-34/h3-9,11-15,17-24,27-28,37-40H,10,16,25-26H2,1-2H3,(H,49,51)(H,50,52)(H2,47,53,59)(H2,48,54,60)/t37?,38?,39-,40-/m1/s1. The van der Waals surface area contributed by atoms with E-state index in [-0.39, 0.29) is 17.9 Å². The van der Waals surface area contributed by atoms with Crippen LogP contribution in [-0.2, 0) is 9.59 Å². The number of nitrogens with one attached hydrogen (secondary N) is 6. The molecule has 1 saturated heterocycles. The van der Waals surface area contributed by atoms with Gasteiger partial charge in [0.05, 0.1) is 17.4 Å². The lowest BCUT2D eigenvalue weighted by Gasteiger charge is -2.28. The fraction of sp³-hybridized carbons (Fsp3) is 0.217. The Hall–Kier alpha value is -7.48. The van der Waals surface area contributed by atoms with E-state index in [2.05, 4.69) is 55.5 Å². The third-order valence-electron chi connectivity index (χ3n) is 11.0. The van der Waals surface area contributed by atoms with Crippen molar-refractivity contribution in [3.05, 3.63) is 157 Å². The number of nitrogens with zero attached hydrogens (tertiary/aromatic N) is 4. The van der Waals surface area contributed by atoms with Crippen molar-refractivity contribution < 1.29 is 19.2 Å². The Balaban J connectivity index is 0.929. The van der Waals surface area contributed by atoms with Crippen LogP contribution in [0.3, 0.4) is 0 Å². The Bertz CT molecular complexity index is 2480. The van der Waals surface area contributed by atoms with Crippen LogP contribution in [0.1, 0.15) is 59.8 Å². The van der Waals surface area contributed by atoms with E-state index in [0.29, 0.717) is 35.9 Å². The first-order chi connectivity index (χ1) is 29.3. The first-order valence-electron chi connectivity index (χ1n) is 20.0. The lowest BCUT2D eigenvalue weighted by molar-refractivity contribution is -0.135. The van der Waals surface area contributed by atoms with E-state index in [1.807, 2.05) is 114 Å². The Morgan fingerprint density at radius 1 is 0.617 bits per heavy atom. The minimum atomic E-state index is -0.860. The fourth-order valence-corrected chi connectivity index (χ4v) is 7.86. The minimum absolute atomic E-state index is 0.177. The molecule has 4 aromatic carbocycles. The van der Waals surface area contributed by atoms with Gasteiger partial charge in [0.15, 0.2) is 0 Å². The monoisotopic (exact) mass is 802 g/mol. The number of benzene rings is 4. The summed E-state index contributed by atoms with van der Waals surface area (Å²) in [6, 6.07) is 31.6. The zero-order valence-corrected chi connectivity index (χ0v) is 33.3. The Labute approximate surface area is 347 Å². The second kappa shape index (κ2) is 17.6. The van der Waals surface area contributed by atoms with Gasteiger partial charge < -0.3 is 41.0 Å². The van der Waals surface area contributed by atoms with Crippen LogP contribution in [0.25, 0.3) is 33.6 Å². The number of carbonyl (C=O) groups excluding carboxylic acids is 4. The highest BCUT2D eigenvalue weighted by atomic mass is 16.2. The molecule has 6 amide bonds. The third kappa shape index (κ3) is 8.25. The van der Waals surface area contributed by atoms with Crippen molar-refractivity contribution in [3.63, 3.8) is 0 Å². The quantitative estimate of drug-likeness (QED) is 0.0806. The fourth-order valence-electron chi connectivity index (χ4n) is 7.86. The van der Waals surface area contributed by atoms with Gasteiger partial charge in [0.2, 0.25) is 5.91 Å². The number of imidazole rings is 2. The van der Waals surface area contributed by atoms with E-state index in [1.54, 1.807) is 4.90 Å². The predicted octanol–water partition coefficient (Wildman–Crippen LogP) is 6.58. The van der Waals surface area contributed by atoms with Crippen LogP contribution in [0.2, 0.25) is 0 Å². The molecule has 1 fully saturated rings. The van der Waals surface area contributed by atoms with Gasteiger partial charge in [-0.3, -0.25) is 9.59 Å². The maximum absolute atomic E-state index is 13.9. The molecule has 60 heavy (non-hydrogen) atoms. The summed E-state index contributed by atoms with van der Waals surface area (Å²) < 4.78 is 0. The summed E-state index contributed by atoms with van der Waals surface area (Å²) in [5, 5.41) is 10.7. The van der Waals surface area contributed by atoms with Crippen LogP contribution in [0.4, 0.5) is 9.59 Å². The molecule has 6 N–H and O–H groups in total. The predicted molar refractivity (Wildman–Crippen MR) is 228 cm³/mol. The molecule has 0 bridgehead atoms. The molecule has 0 saturated carbocycles. The molecule has 2 aliphatic heterocycles. The Morgan fingerprint density at radius 3 is 1.60 bits per heavy atom. The van der Waals surface area contributed by atoms with E-state index in [0.717, 1.165) is 46.5 Å². The van der Waals surface area contributed by atoms with Crippen molar-refractivity contribution in [2.24, 2.45) is 0 Å². The van der Waals surface area contributed by atoms with Crippen molar-refractivity contribution in [2.75, 3.05) is 27.2 Å². The average molecular weight is 803 g/mol. The lowest BCUT2D eigenvalue weighted by atomic mass is 10.0. The number of aromatic nitrogens is 4. The summed E-state index contributed by atoms with van der Waals surface area (Å²) in [4.78, 5) is 72.4. The van der Waals surface area contributed by atoms with Crippen LogP contribution >= 0.6 is 0 Å². The van der Waals surface area contributed by atoms with Gasteiger partial charge in [0.1, 0.15) is 29.8 Å². The minimum Gasteiger partial charge on any atom is -0.346 e. The van der Waals surface area contributed by atoms with E-state index in [9.17, 15) is 19.2 Å². The van der Waals surface area contributed by atoms with Crippen LogP contribution in [0, 0.1) is 0 Å². The van der Waals surface area contributed by atoms with Crippen molar-refractivity contribution in [2.45, 2.75) is 37.0 Å². The summed E-state index contributed by atoms with van der Waals surface area (Å²) >= 11 is 0. The summed E-state index contributed by atoms with van der Waals surface area (Å²) in [5.41, 5.74) is 6.86. The van der Waals surface area contributed by atoms with Crippen LogP contribution in [0.5, 0.6) is 0 Å². The summed E-state index contributed by atoms with van der Waals surface area (Å²) in [7, 11) is 3.05. The first kappa shape index (κ1) is 39.4. The Morgan fingerprint density at radius 2 is 1.08 bits per heavy atom. The molecule has 4 heterocycles. The molecule has 304 valence electrons.